The third kappa shape index (κ3) is 2.34. The molecule has 5 heteroatoms. The Balaban J connectivity index is 1.59. The van der Waals surface area contributed by atoms with Gasteiger partial charge in [0.05, 0.1) is 6.07 Å². The van der Waals surface area contributed by atoms with Crippen LogP contribution in [0.4, 0.5) is 0 Å². The molecule has 0 saturated heterocycles. The standard InChI is InChI=1S/C27H19BNO2S/c1-16-9-3-6-12-20(16)29-17(2)32-27-21(29)15-24-25-26(27)31-23-14-8-5-11-19(23)28(25)18-10-4-7-13-22(18)30-24/h3-15H,1-2H3/q+1. The second-order valence-electron chi connectivity index (χ2n) is 8.42. The van der Waals surface area contributed by atoms with E-state index in [2.05, 4.69) is 85.1 Å². The molecule has 7 rings (SSSR count). The van der Waals surface area contributed by atoms with E-state index < -0.39 is 0 Å². The van der Waals surface area contributed by atoms with Crippen LogP contribution in [0.5, 0.6) is 23.0 Å². The molecule has 5 aromatic rings. The Morgan fingerprint density at radius 3 is 2.16 bits per heavy atom. The second kappa shape index (κ2) is 6.47. The maximum absolute atomic E-state index is 6.60. The van der Waals surface area contributed by atoms with Crippen molar-refractivity contribution in [3.05, 3.63) is 89.4 Å². The van der Waals surface area contributed by atoms with Gasteiger partial charge in [0.25, 0.3) is 6.71 Å². The average Bonchev–Trinajstić information content (AvgIpc) is 3.15. The van der Waals surface area contributed by atoms with Crippen molar-refractivity contribution in [2.75, 3.05) is 0 Å². The fraction of sp³-hybridized carbons (Fsp3) is 0.0741. The van der Waals surface area contributed by atoms with E-state index >= 15 is 0 Å². The van der Waals surface area contributed by atoms with Crippen molar-refractivity contribution < 1.29 is 14.0 Å². The second-order valence-corrected chi connectivity index (χ2v) is 9.62. The summed E-state index contributed by atoms with van der Waals surface area (Å²) in [4.78, 5) is 0. The van der Waals surface area contributed by atoms with Crippen LogP contribution in [0.2, 0.25) is 0 Å². The van der Waals surface area contributed by atoms with Crippen molar-refractivity contribution in [3.8, 4) is 28.7 Å². The predicted molar refractivity (Wildman–Crippen MR) is 131 cm³/mol. The molecule has 3 nitrogen and oxygen atoms in total. The molecule has 4 aromatic carbocycles. The molecule has 0 saturated carbocycles. The summed E-state index contributed by atoms with van der Waals surface area (Å²) in [6.45, 7) is 4.43. The van der Waals surface area contributed by atoms with Gasteiger partial charge in [0.15, 0.2) is 5.75 Å². The lowest BCUT2D eigenvalue weighted by molar-refractivity contribution is -0.569. The molecule has 32 heavy (non-hydrogen) atoms. The number of nitrogens with zero attached hydrogens (tertiary/aromatic N) is 1. The minimum absolute atomic E-state index is 0.105. The number of ether oxygens (including phenoxy) is 2. The number of rotatable bonds is 1. The number of fused-ring (bicyclic) bond motifs is 6. The van der Waals surface area contributed by atoms with E-state index in [0.717, 1.165) is 38.7 Å². The Hall–Kier alpha value is -3.57. The van der Waals surface area contributed by atoms with Crippen LogP contribution in [-0.2, 0) is 0 Å². The number of thiazole rings is 1. The van der Waals surface area contributed by atoms with Crippen molar-refractivity contribution in [2.45, 2.75) is 13.8 Å². The Morgan fingerprint density at radius 2 is 1.41 bits per heavy atom. The van der Waals surface area contributed by atoms with Crippen LogP contribution in [0.3, 0.4) is 0 Å². The molecule has 0 radical (unpaired) electrons. The minimum Gasteiger partial charge on any atom is -0.458 e. The molecular weight excluding hydrogens is 413 g/mol. The SMILES string of the molecule is Cc1ccccc1-[n+]1c(C)sc2c3c4c(cc21)Oc1ccccc1B4c1ccccc1O3. The van der Waals surface area contributed by atoms with E-state index in [1.165, 1.54) is 27.2 Å². The fourth-order valence-corrected chi connectivity index (χ4v) is 6.23. The number of para-hydroxylation sites is 3. The van der Waals surface area contributed by atoms with E-state index in [0.29, 0.717) is 0 Å². The topological polar surface area (TPSA) is 22.3 Å². The van der Waals surface area contributed by atoms with E-state index in [9.17, 15) is 0 Å². The van der Waals surface area contributed by atoms with Gasteiger partial charge in [-0.1, -0.05) is 65.9 Å². The highest BCUT2D eigenvalue weighted by molar-refractivity contribution is 7.18. The number of aromatic nitrogens is 1. The molecule has 152 valence electrons. The van der Waals surface area contributed by atoms with Crippen LogP contribution in [0.15, 0.2) is 78.9 Å². The lowest BCUT2D eigenvalue weighted by Crippen LogP contribution is -2.57. The molecule has 0 atom stereocenters. The Labute approximate surface area is 190 Å². The van der Waals surface area contributed by atoms with Gasteiger partial charge in [0.2, 0.25) is 16.2 Å². The molecule has 2 aliphatic rings. The van der Waals surface area contributed by atoms with Crippen LogP contribution in [0, 0.1) is 13.8 Å². The fourth-order valence-electron chi connectivity index (χ4n) is 5.15. The van der Waals surface area contributed by atoms with Gasteiger partial charge in [-0.3, -0.25) is 0 Å². The van der Waals surface area contributed by atoms with Gasteiger partial charge in [-0.25, -0.2) is 0 Å². The Bertz CT molecular complexity index is 1560. The van der Waals surface area contributed by atoms with Gasteiger partial charge in [-0.05, 0) is 30.0 Å². The smallest absolute Gasteiger partial charge is 0.260 e. The molecule has 0 unspecified atom stereocenters. The highest BCUT2D eigenvalue weighted by Crippen LogP contribution is 2.41. The first kappa shape index (κ1) is 18.0. The third-order valence-corrected chi connectivity index (χ3v) is 7.64. The summed E-state index contributed by atoms with van der Waals surface area (Å²) in [6.07, 6.45) is 0. The normalized spacial score (nSPS) is 13.1. The number of aryl methyl sites for hydroxylation is 2. The van der Waals surface area contributed by atoms with Crippen molar-refractivity contribution in [1.29, 1.82) is 0 Å². The number of hydrogen-bond acceptors (Lipinski definition) is 3. The van der Waals surface area contributed by atoms with E-state index in [4.69, 9.17) is 9.47 Å². The molecule has 2 aliphatic heterocycles. The first-order valence-electron chi connectivity index (χ1n) is 10.8. The lowest BCUT2D eigenvalue weighted by Gasteiger charge is -2.32. The maximum Gasteiger partial charge on any atom is 0.260 e. The van der Waals surface area contributed by atoms with Crippen molar-refractivity contribution in [3.63, 3.8) is 0 Å². The first-order chi connectivity index (χ1) is 15.7. The first-order valence-corrected chi connectivity index (χ1v) is 11.6. The van der Waals surface area contributed by atoms with Crippen molar-refractivity contribution in [1.82, 2.24) is 0 Å². The van der Waals surface area contributed by atoms with Gasteiger partial charge >= 0.3 is 0 Å². The highest BCUT2D eigenvalue weighted by atomic mass is 32.1. The molecule has 3 heterocycles. The molecule has 0 N–H and O–H groups in total. The van der Waals surface area contributed by atoms with E-state index in [1.807, 2.05) is 12.1 Å². The Kier molecular flexibility index (Phi) is 3.65. The monoisotopic (exact) mass is 432 g/mol. The van der Waals surface area contributed by atoms with Crippen LogP contribution in [-0.4, -0.2) is 6.71 Å². The number of benzene rings is 4. The maximum atomic E-state index is 6.60. The summed E-state index contributed by atoms with van der Waals surface area (Å²) < 4.78 is 16.6. The molecule has 0 aliphatic carbocycles. The van der Waals surface area contributed by atoms with Crippen molar-refractivity contribution >= 4 is 44.7 Å². The van der Waals surface area contributed by atoms with Gasteiger partial charge in [-0.15, -0.1) is 4.57 Å². The molecule has 0 bridgehead atoms. The zero-order chi connectivity index (χ0) is 21.4. The summed E-state index contributed by atoms with van der Waals surface area (Å²) in [6, 6.07) is 27.4. The summed E-state index contributed by atoms with van der Waals surface area (Å²) in [5.41, 5.74) is 7.06. The van der Waals surface area contributed by atoms with E-state index in [1.54, 1.807) is 11.3 Å². The zero-order valence-electron chi connectivity index (χ0n) is 17.8. The van der Waals surface area contributed by atoms with Crippen LogP contribution >= 0.6 is 11.3 Å². The molecule has 0 amide bonds. The Morgan fingerprint density at radius 1 is 0.750 bits per heavy atom. The van der Waals surface area contributed by atoms with Gasteiger partial charge in [-0.2, -0.15) is 0 Å². The molecule has 0 fully saturated rings. The largest absolute Gasteiger partial charge is 0.458 e. The van der Waals surface area contributed by atoms with Gasteiger partial charge < -0.3 is 9.47 Å². The molecule has 1 aromatic heterocycles. The van der Waals surface area contributed by atoms with Gasteiger partial charge in [0, 0.05) is 24.0 Å². The summed E-state index contributed by atoms with van der Waals surface area (Å²) in [5.74, 6) is 3.65. The average molecular weight is 432 g/mol. The molecular formula is C27H19BNO2S+. The zero-order valence-corrected chi connectivity index (χ0v) is 18.6. The minimum atomic E-state index is 0.105. The summed E-state index contributed by atoms with van der Waals surface area (Å²) in [7, 11) is 0. The van der Waals surface area contributed by atoms with Crippen LogP contribution < -0.4 is 30.4 Å². The third-order valence-electron chi connectivity index (χ3n) is 6.56. The summed E-state index contributed by atoms with van der Waals surface area (Å²) in [5, 5.41) is 1.21. The van der Waals surface area contributed by atoms with Crippen LogP contribution in [0.1, 0.15) is 10.6 Å². The van der Waals surface area contributed by atoms with Crippen molar-refractivity contribution in [2.24, 2.45) is 0 Å². The quantitative estimate of drug-likeness (QED) is 0.281. The highest BCUT2D eigenvalue weighted by Gasteiger charge is 2.42. The van der Waals surface area contributed by atoms with Crippen LogP contribution in [0.25, 0.3) is 15.9 Å². The number of hydrogen-bond donors (Lipinski definition) is 0. The van der Waals surface area contributed by atoms with E-state index in [-0.39, 0.29) is 6.71 Å². The predicted octanol–water partition coefficient (Wildman–Crippen LogP) is 4.52. The molecule has 0 spiro atoms. The van der Waals surface area contributed by atoms with Gasteiger partial charge in [0.1, 0.15) is 21.9 Å². The summed E-state index contributed by atoms with van der Waals surface area (Å²) >= 11 is 1.78. The lowest BCUT2D eigenvalue weighted by atomic mass is 9.35.